The van der Waals surface area contributed by atoms with Crippen molar-refractivity contribution in [1.82, 2.24) is 10.2 Å². The lowest BCUT2D eigenvalue weighted by molar-refractivity contribution is -0.154. The first-order valence-electron chi connectivity index (χ1n) is 9.54. The summed E-state index contributed by atoms with van der Waals surface area (Å²) < 4.78 is 0. The third-order valence-electron chi connectivity index (χ3n) is 5.19. The Balaban J connectivity index is 1.75. The van der Waals surface area contributed by atoms with Crippen LogP contribution in [0.3, 0.4) is 0 Å². The molecular formula is C19H26N4O5. The van der Waals surface area contributed by atoms with Crippen molar-refractivity contribution in [1.29, 1.82) is 0 Å². The van der Waals surface area contributed by atoms with Gasteiger partial charge in [-0.1, -0.05) is 18.6 Å². The molecule has 3 atom stereocenters. The SMILES string of the molecule is NCCCCCC(=O)Nc1cccc2c1C(O)N(C1CCC(=O)NC1=O)C2O. The van der Waals surface area contributed by atoms with Crippen LogP contribution >= 0.6 is 0 Å². The Kier molecular flexibility index (Phi) is 6.40. The molecule has 3 rings (SSSR count). The Morgan fingerprint density at radius 2 is 2.00 bits per heavy atom. The van der Waals surface area contributed by atoms with E-state index in [4.69, 9.17) is 5.73 Å². The van der Waals surface area contributed by atoms with Gasteiger partial charge in [0.1, 0.15) is 12.5 Å². The maximum atomic E-state index is 12.2. The van der Waals surface area contributed by atoms with Gasteiger partial charge in [0.2, 0.25) is 17.7 Å². The number of hydrogen-bond acceptors (Lipinski definition) is 7. The first-order valence-corrected chi connectivity index (χ1v) is 9.54. The fourth-order valence-corrected chi connectivity index (χ4v) is 3.78. The Labute approximate surface area is 162 Å². The van der Waals surface area contributed by atoms with Crippen molar-refractivity contribution < 1.29 is 24.6 Å². The van der Waals surface area contributed by atoms with E-state index < -0.39 is 24.4 Å². The Bertz CT molecular complexity index is 769. The van der Waals surface area contributed by atoms with Gasteiger partial charge in [0.25, 0.3) is 0 Å². The van der Waals surface area contributed by atoms with E-state index in [-0.39, 0.29) is 24.7 Å². The molecule has 1 aromatic carbocycles. The van der Waals surface area contributed by atoms with Gasteiger partial charge in [-0.3, -0.25) is 19.7 Å². The predicted octanol–water partition coefficient (Wildman–Crippen LogP) is 0.247. The maximum Gasteiger partial charge on any atom is 0.244 e. The van der Waals surface area contributed by atoms with E-state index in [9.17, 15) is 24.6 Å². The number of hydrogen-bond donors (Lipinski definition) is 5. The summed E-state index contributed by atoms with van der Waals surface area (Å²) in [6.45, 7) is 0.591. The van der Waals surface area contributed by atoms with Gasteiger partial charge >= 0.3 is 0 Å². The topological polar surface area (TPSA) is 145 Å². The van der Waals surface area contributed by atoms with E-state index in [2.05, 4.69) is 10.6 Å². The zero-order valence-electron chi connectivity index (χ0n) is 15.6. The number of amides is 3. The number of aliphatic hydroxyl groups is 2. The van der Waals surface area contributed by atoms with Crippen LogP contribution in [0.15, 0.2) is 18.2 Å². The number of nitrogens with two attached hydrogens (primary N) is 1. The van der Waals surface area contributed by atoms with Crippen molar-refractivity contribution in [2.24, 2.45) is 5.73 Å². The molecular weight excluding hydrogens is 364 g/mol. The minimum atomic E-state index is -1.28. The molecule has 9 heteroatoms. The van der Waals surface area contributed by atoms with Crippen LogP contribution in [0.1, 0.15) is 62.1 Å². The number of anilines is 1. The first-order chi connectivity index (χ1) is 13.4. The minimum Gasteiger partial charge on any atom is -0.374 e. The molecule has 0 bridgehead atoms. The van der Waals surface area contributed by atoms with Crippen molar-refractivity contribution in [3.8, 4) is 0 Å². The summed E-state index contributed by atoms with van der Waals surface area (Å²) in [7, 11) is 0. The Hall–Kier alpha value is -2.33. The highest BCUT2D eigenvalue weighted by Gasteiger charge is 2.46. The van der Waals surface area contributed by atoms with Crippen LogP contribution in [0.2, 0.25) is 0 Å². The number of fused-ring (bicyclic) bond motifs is 1. The number of carbonyl (C=O) groups is 3. The highest BCUT2D eigenvalue weighted by molar-refractivity contribution is 6.00. The van der Waals surface area contributed by atoms with Crippen LogP contribution in [0.25, 0.3) is 0 Å². The molecule has 0 radical (unpaired) electrons. The zero-order chi connectivity index (χ0) is 20.3. The molecule has 152 valence electrons. The Morgan fingerprint density at radius 3 is 2.71 bits per heavy atom. The molecule has 0 saturated carbocycles. The summed E-state index contributed by atoms with van der Waals surface area (Å²) in [6, 6.07) is 4.13. The van der Waals surface area contributed by atoms with Crippen LogP contribution in [0.4, 0.5) is 5.69 Å². The van der Waals surface area contributed by atoms with E-state index in [1.807, 2.05) is 0 Å². The van der Waals surface area contributed by atoms with Crippen molar-refractivity contribution in [3.05, 3.63) is 29.3 Å². The van der Waals surface area contributed by atoms with Gasteiger partial charge in [0.15, 0.2) is 0 Å². The number of nitrogens with one attached hydrogen (secondary N) is 2. The lowest BCUT2D eigenvalue weighted by Crippen LogP contribution is -2.52. The number of nitrogens with zero attached hydrogens (tertiary/aromatic N) is 1. The second-order valence-corrected chi connectivity index (χ2v) is 7.12. The summed E-state index contributed by atoms with van der Waals surface area (Å²) in [5, 5.41) is 26.5. The molecule has 9 nitrogen and oxygen atoms in total. The van der Waals surface area contributed by atoms with Crippen molar-refractivity contribution >= 4 is 23.4 Å². The molecule has 2 aliphatic rings. The van der Waals surface area contributed by atoms with E-state index in [0.717, 1.165) is 12.8 Å². The molecule has 2 aliphatic heterocycles. The fourth-order valence-electron chi connectivity index (χ4n) is 3.78. The lowest BCUT2D eigenvalue weighted by atomic mass is 10.0. The number of aliphatic hydroxyl groups excluding tert-OH is 2. The number of unbranched alkanes of at least 4 members (excludes halogenated alkanes) is 2. The molecule has 1 aromatic rings. The molecule has 1 saturated heterocycles. The molecule has 3 amide bonds. The lowest BCUT2D eigenvalue weighted by Gasteiger charge is -2.34. The van der Waals surface area contributed by atoms with Crippen LogP contribution in [-0.4, -0.2) is 45.4 Å². The second-order valence-electron chi connectivity index (χ2n) is 7.12. The van der Waals surface area contributed by atoms with Gasteiger partial charge in [0.05, 0.1) is 6.04 Å². The Morgan fingerprint density at radius 1 is 1.21 bits per heavy atom. The number of carbonyl (C=O) groups excluding carboxylic acids is 3. The number of piperidine rings is 1. The zero-order valence-corrected chi connectivity index (χ0v) is 15.6. The predicted molar refractivity (Wildman–Crippen MR) is 101 cm³/mol. The number of imide groups is 1. The smallest absolute Gasteiger partial charge is 0.244 e. The highest BCUT2D eigenvalue weighted by atomic mass is 16.3. The first kappa shape index (κ1) is 20.4. The summed E-state index contributed by atoms with van der Waals surface area (Å²) in [4.78, 5) is 37.1. The van der Waals surface area contributed by atoms with Gasteiger partial charge in [-0.2, -0.15) is 0 Å². The van der Waals surface area contributed by atoms with Gasteiger partial charge in [-0.15, -0.1) is 0 Å². The minimum absolute atomic E-state index is 0.134. The molecule has 0 aromatic heterocycles. The highest BCUT2D eigenvalue weighted by Crippen LogP contribution is 2.45. The van der Waals surface area contributed by atoms with Gasteiger partial charge in [0, 0.05) is 29.7 Å². The summed E-state index contributed by atoms with van der Waals surface area (Å²) in [5.74, 6) is -1.11. The standard InChI is InChI=1S/C19H26N4O5/c20-10-3-1-2-7-14(24)21-12-6-4-5-11-16(12)19(28)23(18(11)27)13-8-9-15(25)22-17(13)26/h4-6,13,18-19,27-28H,1-3,7-10,20H2,(H,21,24)(H,22,25,26). The van der Waals surface area contributed by atoms with Crippen molar-refractivity contribution in [3.63, 3.8) is 0 Å². The van der Waals surface area contributed by atoms with Crippen molar-refractivity contribution in [2.45, 2.75) is 57.0 Å². The molecule has 0 aliphatic carbocycles. The molecule has 2 heterocycles. The molecule has 28 heavy (non-hydrogen) atoms. The van der Waals surface area contributed by atoms with E-state index in [0.29, 0.717) is 36.2 Å². The molecule has 6 N–H and O–H groups in total. The second kappa shape index (κ2) is 8.78. The van der Waals surface area contributed by atoms with Crippen LogP contribution in [-0.2, 0) is 14.4 Å². The van der Waals surface area contributed by atoms with E-state index in [1.165, 1.54) is 4.90 Å². The van der Waals surface area contributed by atoms with E-state index in [1.54, 1.807) is 18.2 Å². The third-order valence-corrected chi connectivity index (χ3v) is 5.19. The molecule has 3 unspecified atom stereocenters. The maximum absolute atomic E-state index is 12.2. The monoisotopic (exact) mass is 390 g/mol. The summed E-state index contributed by atoms with van der Waals surface area (Å²) >= 11 is 0. The quantitative estimate of drug-likeness (QED) is 0.331. The summed E-state index contributed by atoms with van der Waals surface area (Å²) in [6.07, 6.45) is 0.620. The largest absolute Gasteiger partial charge is 0.374 e. The molecule has 1 fully saturated rings. The average molecular weight is 390 g/mol. The van der Waals surface area contributed by atoms with Gasteiger partial charge in [-0.25, -0.2) is 4.90 Å². The van der Waals surface area contributed by atoms with Crippen LogP contribution in [0, 0.1) is 0 Å². The summed E-state index contributed by atoms with van der Waals surface area (Å²) in [5.41, 5.74) is 6.65. The number of benzene rings is 1. The van der Waals surface area contributed by atoms with Gasteiger partial charge < -0.3 is 21.3 Å². The van der Waals surface area contributed by atoms with Crippen LogP contribution in [0.5, 0.6) is 0 Å². The van der Waals surface area contributed by atoms with E-state index >= 15 is 0 Å². The normalized spacial score (nSPS) is 24.8. The third kappa shape index (κ3) is 4.07. The fraction of sp³-hybridized carbons (Fsp3) is 0.526. The average Bonchev–Trinajstić information content (AvgIpc) is 2.91. The van der Waals surface area contributed by atoms with Crippen LogP contribution < -0.4 is 16.4 Å². The van der Waals surface area contributed by atoms with Gasteiger partial charge in [-0.05, 0) is 31.9 Å². The van der Waals surface area contributed by atoms with Crippen molar-refractivity contribution in [2.75, 3.05) is 11.9 Å². The molecule has 0 spiro atoms. The number of rotatable bonds is 7.